The van der Waals surface area contributed by atoms with Gasteiger partial charge in [0.25, 0.3) is 0 Å². The molecule has 0 aliphatic heterocycles. The second-order valence-electron chi connectivity index (χ2n) is 18.9. The summed E-state index contributed by atoms with van der Waals surface area (Å²) in [4.78, 5) is 38.0. The number of esters is 3. The summed E-state index contributed by atoms with van der Waals surface area (Å²) in [7, 11) is 0. The summed E-state index contributed by atoms with van der Waals surface area (Å²) < 4.78 is 16.8. The number of hydrogen-bond acceptors (Lipinski definition) is 6. The van der Waals surface area contributed by atoms with Crippen LogP contribution >= 0.6 is 0 Å². The van der Waals surface area contributed by atoms with Gasteiger partial charge in [0.2, 0.25) is 0 Å². The molecule has 0 N–H and O–H groups in total. The average molecular weight is 835 g/mol. The summed E-state index contributed by atoms with van der Waals surface area (Å²) in [5.41, 5.74) is 0. The lowest BCUT2D eigenvalue weighted by Crippen LogP contribution is -2.30. The van der Waals surface area contributed by atoms with E-state index in [0.717, 1.165) is 69.6 Å². The Hall–Kier alpha value is -1.59. The van der Waals surface area contributed by atoms with Gasteiger partial charge in [-0.05, 0) is 31.1 Å². The zero-order valence-electron chi connectivity index (χ0n) is 40.4. The van der Waals surface area contributed by atoms with E-state index in [1.807, 2.05) is 0 Å². The number of carbonyl (C=O) groups is 3. The Morgan fingerprint density at radius 2 is 0.644 bits per heavy atom. The highest BCUT2D eigenvalue weighted by Crippen LogP contribution is 2.18. The fourth-order valence-electron chi connectivity index (χ4n) is 7.96. The minimum absolute atomic E-state index is 0.0641. The summed E-state index contributed by atoms with van der Waals surface area (Å²) in [5.74, 6) is 0.818. The molecule has 6 heteroatoms. The highest BCUT2D eigenvalue weighted by molar-refractivity contribution is 5.71. The summed E-state index contributed by atoms with van der Waals surface area (Å²) in [6, 6.07) is 0. The lowest BCUT2D eigenvalue weighted by molar-refractivity contribution is -0.167. The van der Waals surface area contributed by atoms with E-state index < -0.39 is 6.10 Å². The van der Waals surface area contributed by atoms with E-state index in [1.54, 1.807) is 0 Å². The van der Waals surface area contributed by atoms with Crippen LogP contribution in [0.15, 0.2) is 0 Å². The molecular weight excluding hydrogens is 733 g/mol. The van der Waals surface area contributed by atoms with Crippen molar-refractivity contribution in [3.05, 3.63) is 0 Å². The van der Waals surface area contributed by atoms with Crippen molar-refractivity contribution in [1.82, 2.24) is 0 Å². The maximum atomic E-state index is 12.8. The molecule has 0 spiro atoms. The molecule has 0 aliphatic carbocycles. The van der Waals surface area contributed by atoms with Gasteiger partial charge in [0.15, 0.2) is 6.10 Å². The van der Waals surface area contributed by atoms with E-state index in [1.165, 1.54) is 180 Å². The Bertz CT molecular complexity index is 902. The summed E-state index contributed by atoms with van der Waals surface area (Å²) in [6.07, 6.45) is 46.5. The van der Waals surface area contributed by atoms with Gasteiger partial charge in [-0.15, -0.1) is 0 Å². The van der Waals surface area contributed by atoms with Crippen molar-refractivity contribution in [2.24, 2.45) is 11.8 Å². The van der Waals surface area contributed by atoms with Gasteiger partial charge in [-0.25, -0.2) is 0 Å². The molecule has 0 fully saturated rings. The Morgan fingerprint density at radius 1 is 0.356 bits per heavy atom. The zero-order valence-corrected chi connectivity index (χ0v) is 40.4. The smallest absolute Gasteiger partial charge is 0.306 e. The lowest BCUT2D eigenvalue weighted by atomic mass is 9.99. The van der Waals surface area contributed by atoms with E-state index in [0.29, 0.717) is 19.3 Å². The van der Waals surface area contributed by atoms with Crippen LogP contribution in [0.3, 0.4) is 0 Å². The largest absolute Gasteiger partial charge is 0.462 e. The molecule has 0 aromatic heterocycles. The zero-order chi connectivity index (χ0) is 43.3. The lowest BCUT2D eigenvalue weighted by Gasteiger charge is -2.18. The van der Waals surface area contributed by atoms with Crippen LogP contribution in [0.4, 0.5) is 0 Å². The molecule has 0 saturated heterocycles. The number of unbranched alkanes of at least 4 members (excludes halogenated alkanes) is 31. The van der Waals surface area contributed by atoms with Crippen LogP contribution in [0.25, 0.3) is 0 Å². The fraction of sp³-hybridized carbons (Fsp3) is 0.943. The molecule has 0 amide bonds. The van der Waals surface area contributed by atoms with Crippen LogP contribution in [0.5, 0.6) is 0 Å². The Morgan fingerprint density at radius 3 is 0.966 bits per heavy atom. The van der Waals surface area contributed by atoms with E-state index in [9.17, 15) is 14.4 Å². The van der Waals surface area contributed by atoms with Crippen molar-refractivity contribution in [2.45, 2.75) is 298 Å². The Kier molecular flexibility index (Phi) is 44.7. The van der Waals surface area contributed by atoms with Gasteiger partial charge in [-0.3, -0.25) is 14.4 Å². The Labute approximate surface area is 368 Å². The van der Waals surface area contributed by atoms with Gasteiger partial charge in [0, 0.05) is 19.3 Å². The van der Waals surface area contributed by atoms with Crippen molar-refractivity contribution in [3.8, 4) is 0 Å². The molecular formula is C53H102O6. The van der Waals surface area contributed by atoms with Gasteiger partial charge in [-0.1, -0.05) is 253 Å². The second kappa shape index (κ2) is 45.9. The van der Waals surface area contributed by atoms with Crippen LogP contribution in [-0.4, -0.2) is 37.2 Å². The highest BCUT2D eigenvalue weighted by atomic mass is 16.6. The van der Waals surface area contributed by atoms with Crippen LogP contribution in [0.2, 0.25) is 0 Å². The first-order chi connectivity index (χ1) is 28.8. The summed E-state index contributed by atoms with van der Waals surface area (Å²) >= 11 is 0. The van der Waals surface area contributed by atoms with Crippen molar-refractivity contribution in [1.29, 1.82) is 0 Å². The third-order valence-electron chi connectivity index (χ3n) is 12.3. The van der Waals surface area contributed by atoms with Crippen LogP contribution < -0.4 is 0 Å². The third-order valence-corrected chi connectivity index (χ3v) is 12.3. The van der Waals surface area contributed by atoms with E-state index >= 15 is 0 Å². The van der Waals surface area contributed by atoms with Gasteiger partial charge >= 0.3 is 17.9 Å². The van der Waals surface area contributed by atoms with E-state index in [4.69, 9.17) is 14.2 Å². The number of rotatable bonds is 47. The molecule has 1 unspecified atom stereocenters. The highest BCUT2D eigenvalue weighted by Gasteiger charge is 2.19. The molecule has 350 valence electrons. The van der Waals surface area contributed by atoms with Gasteiger partial charge < -0.3 is 14.2 Å². The van der Waals surface area contributed by atoms with Gasteiger partial charge in [-0.2, -0.15) is 0 Å². The topological polar surface area (TPSA) is 78.9 Å². The molecule has 6 nitrogen and oxygen atoms in total. The molecule has 0 rings (SSSR count). The first kappa shape index (κ1) is 57.4. The predicted octanol–water partition coefficient (Wildman–Crippen LogP) is 16.9. The molecule has 0 aliphatic rings. The van der Waals surface area contributed by atoms with Crippen molar-refractivity contribution in [2.75, 3.05) is 13.2 Å². The van der Waals surface area contributed by atoms with E-state index in [2.05, 4.69) is 34.6 Å². The minimum atomic E-state index is -0.762. The number of hydrogen-bond donors (Lipinski definition) is 0. The molecule has 0 saturated carbocycles. The molecule has 0 radical (unpaired) electrons. The molecule has 0 heterocycles. The SMILES string of the molecule is CCCCCCCCCCCCCCCCCCC(=O)O[C@H](COC(=O)CCCCCCCCCCCCC(C)C)COC(=O)CCCCCCCCCCC(C)CC. The second-order valence-corrected chi connectivity index (χ2v) is 18.9. The molecule has 2 atom stereocenters. The monoisotopic (exact) mass is 835 g/mol. The summed E-state index contributed by atoms with van der Waals surface area (Å²) in [6.45, 7) is 11.4. The average Bonchev–Trinajstić information content (AvgIpc) is 3.22. The standard InChI is InChI=1S/C53H102O6/c1-6-8-9-10-11-12-13-14-15-16-17-18-23-30-35-40-45-53(56)59-50(47-58-52(55)44-39-34-29-25-24-27-32-37-42-49(5)7-2)46-57-51(54)43-38-33-28-22-20-19-21-26-31-36-41-48(3)4/h48-50H,6-47H2,1-5H3/t49?,50-/m1/s1. The third kappa shape index (κ3) is 45.8. The quantitative estimate of drug-likeness (QED) is 0.0345. The maximum Gasteiger partial charge on any atom is 0.306 e. The molecule has 0 bridgehead atoms. The Balaban J connectivity index is 4.32. The van der Waals surface area contributed by atoms with Crippen molar-refractivity contribution in [3.63, 3.8) is 0 Å². The van der Waals surface area contributed by atoms with Crippen molar-refractivity contribution >= 4 is 17.9 Å². The molecule has 0 aromatic rings. The number of carbonyl (C=O) groups excluding carboxylic acids is 3. The predicted molar refractivity (Wildman–Crippen MR) is 252 cm³/mol. The molecule has 59 heavy (non-hydrogen) atoms. The normalized spacial score (nSPS) is 12.5. The van der Waals surface area contributed by atoms with Crippen LogP contribution in [-0.2, 0) is 28.6 Å². The minimum Gasteiger partial charge on any atom is -0.462 e. The molecule has 0 aromatic carbocycles. The summed E-state index contributed by atoms with van der Waals surface area (Å²) in [5, 5.41) is 0. The van der Waals surface area contributed by atoms with Gasteiger partial charge in [0.05, 0.1) is 0 Å². The fourth-order valence-corrected chi connectivity index (χ4v) is 7.96. The van der Waals surface area contributed by atoms with Crippen LogP contribution in [0, 0.1) is 11.8 Å². The first-order valence-electron chi connectivity index (χ1n) is 26.3. The number of ether oxygens (including phenoxy) is 3. The van der Waals surface area contributed by atoms with Gasteiger partial charge in [0.1, 0.15) is 13.2 Å². The van der Waals surface area contributed by atoms with Crippen LogP contribution in [0.1, 0.15) is 291 Å². The van der Waals surface area contributed by atoms with Crippen molar-refractivity contribution < 1.29 is 28.6 Å². The maximum absolute atomic E-state index is 12.8. The first-order valence-corrected chi connectivity index (χ1v) is 26.3. The van der Waals surface area contributed by atoms with E-state index in [-0.39, 0.29) is 31.1 Å².